The van der Waals surface area contributed by atoms with E-state index in [1.165, 1.54) is 0 Å². The molecule has 0 aromatic rings. The number of primary amides is 1. The summed E-state index contributed by atoms with van der Waals surface area (Å²) in [4.78, 5) is 10.9. The molecular formula is C14H31NO4Si. The van der Waals surface area contributed by atoms with E-state index in [9.17, 15) is 4.79 Å². The largest absolute Gasteiger partial charge is 0.504 e. The Balaban J connectivity index is 4.90. The second-order valence-electron chi connectivity index (χ2n) is 4.75. The average molecular weight is 305 g/mol. The molecule has 0 aliphatic carbocycles. The maximum atomic E-state index is 10.9. The van der Waals surface area contributed by atoms with Crippen molar-refractivity contribution in [2.75, 3.05) is 19.8 Å². The van der Waals surface area contributed by atoms with Crippen LogP contribution in [0.25, 0.3) is 0 Å². The van der Waals surface area contributed by atoms with Crippen LogP contribution in [0.5, 0.6) is 0 Å². The molecule has 0 saturated carbocycles. The predicted molar refractivity (Wildman–Crippen MR) is 82.3 cm³/mol. The standard InChI is InChI=1S/C14H31NO4Si/c1-5-10-13(11-9-12-14(15)16)20(17-6-2,18-7-3)19-8-4/h13H,5-12H2,1-4H3,(H2,15,16). The van der Waals surface area contributed by atoms with Crippen molar-refractivity contribution < 1.29 is 18.1 Å². The first-order valence-corrected chi connectivity index (χ1v) is 9.56. The second-order valence-corrected chi connectivity index (χ2v) is 7.64. The molecule has 0 rings (SSSR count). The topological polar surface area (TPSA) is 70.8 Å². The van der Waals surface area contributed by atoms with E-state index in [4.69, 9.17) is 19.0 Å². The third-order valence-corrected chi connectivity index (χ3v) is 6.80. The molecule has 5 nitrogen and oxygen atoms in total. The zero-order chi connectivity index (χ0) is 15.4. The highest BCUT2D eigenvalue weighted by atomic mass is 28.4. The molecule has 0 heterocycles. The van der Waals surface area contributed by atoms with Crippen LogP contribution in [0.2, 0.25) is 5.54 Å². The Bertz CT molecular complexity index is 247. The summed E-state index contributed by atoms with van der Waals surface area (Å²) in [6.45, 7) is 9.79. The lowest BCUT2D eigenvalue weighted by atomic mass is 10.1. The molecule has 1 unspecified atom stereocenters. The Morgan fingerprint density at radius 2 is 1.50 bits per heavy atom. The summed E-state index contributed by atoms with van der Waals surface area (Å²) in [6.07, 6.45) is 4.08. The maximum Gasteiger partial charge on any atom is 0.504 e. The predicted octanol–water partition coefficient (Wildman–Crippen LogP) is 2.86. The van der Waals surface area contributed by atoms with Crippen LogP contribution in [0.4, 0.5) is 0 Å². The Hall–Kier alpha value is -0.433. The summed E-state index contributed by atoms with van der Waals surface area (Å²) in [6, 6.07) is 0. The van der Waals surface area contributed by atoms with Gasteiger partial charge in [-0.1, -0.05) is 13.3 Å². The van der Waals surface area contributed by atoms with E-state index < -0.39 is 8.80 Å². The minimum Gasteiger partial charge on any atom is -0.374 e. The number of carbonyl (C=O) groups excluding carboxylic acids is 1. The highest BCUT2D eigenvalue weighted by molar-refractivity contribution is 6.62. The van der Waals surface area contributed by atoms with Gasteiger partial charge in [0.1, 0.15) is 0 Å². The van der Waals surface area contributed by atoms with Crippen molar-refractivity contribution in [1.29, 1.82) is 0 Å². The fourth-order valence-corrected chi connectivity index (χ4v) is 5.82. The Morgan fingerprint density at radius 1 is 1.00 bits per heavy atom. The molecule has 0 saturated heterocycles. The molecule has 0 aliphatic heterocycles. The van der Waals surface area contributed by atoms with Crippen molar-refractivity contribution in [2.45, 2.75) is 65.3 Å². The van der Waals surface area contributed by atoms with E-state index in [0.717, 1.165) is 25.7 Å². The summed E-state index contributed by atoms with van der Waals surface area (Å²) in [5.41, 5.74) is 5.46. The SMILES string of the molecule is CCCC(CCCC(N)=O)[Si](OCC)(OCC)OCC. The van der Waals surface area contributed by atoms with E-state index in [2.05, 4.69) is 6.92 Å². The van der Waals surface area contributed by atoms with Gasteiger partial charge in [-0.15, -0.1) is 0 Å². The fourth-order valence-electron chi connectivity index (χ4n) is 2.45. The molecule has 0 fully saturated rings. The molecule has 0 bridgehead atoms. The zero-order valence-corrected chi connectivity index (χ0v) is 14.4. The fraction of sp³-hybridized carbons (Fsp3) is 0.929. The van der Waals surface area contributed by atoms with Crippen LogP contribution in [0.15, 0.2) is 0 Å². The van der Waals surface area contributed by atoms with Crippen molar-refractivity contribution in [1.82, 2.24) is 0 Å². The highest BCUT2D eigenvalue weighted by Crippen LogP contribution is 2.34. The third-order valence-electron chi connectivity index (χ3n) is 3.15. The number of nitrogens with two attached hydrogens (primary N) is 1. The summed E-state index contributed by atoms with van der Waals surface area (Å²) >= 11 is 0. The number of rotatable bonds is 13. The molecule has 2 N–H and O–H groups in total. The monoisotopic (exact) mass is 305 g/mol. The van der Waals surface area contributed by atoms with Crippen LogP contribution in [0.3, 0.4) is 0 Å². The van der Waals surface area contributed by atoms with Gasteiger partial charge in [0.25, 0.3) is 0 Å². The molecule has 0 aromatic heterocycles. The minimum atomic E-state index is -2.67. The molecule has 0 spiro atoms. The van der Waals surface area contributed by atoms with Crippen LogP contribution in [-0.4, -0.2) is 34.5 Å². The normalized spacial score (nSPS) is 13.4. The molecule has 120 valence electrons. The van der Waals surface area contributed by atoms with Crippen molar-refractivity contribution >= 4 is 14.7 Å². The molecule has 6 heteroatoms. The lowest BCUT2D eigenvalue weighted by Gasteiger charge is -2.35. The van der Waals surface area contributed by atoms with E-state index in [0.29, 0.717) is 26.2 Å². The van der Waals surface area contributed by atoms with Crippen molar-refractivity contribution in [3.05, 3.63) is 0 Å². The lowest BCUT2D eigenvalue weighted by molar-refractivity contribution is -0.118. The molecule has 0 aliphatic rings. The quantitative estimate of drug-likeness (QED) is 0.531. The molecule has 0 radical (unpaired) electrons. The van der Waals surface area contributed by atoms with Crippen LogP contribution in [-0.2, 0) is 18.1 Å². The minimum absolute atomic E-state index is 0.242. The Kier molecular flexibility index (Phi) is 11.0. The van der Waals surface area contributed by atoms with Crippen LogP contribution < -0.4 is 5.73 Å². The molecular weight excluding hydrogens is 274 g/mol. The van der Waals surface area contributed by atoms with Gasteiger partial charge >= 0.3 is 8.80 Å². The van der Waals surface area contributed by atoms with E-state index in [1.54, 1.807) is 0 Å². The first-order valence-electron chi connectivity index (χ1n) is 7.76. The van der Waals surface area contributed by atoms with Gasteiger partial charge < -0.3 is 19.0 Å². The second kappa shape index (κ2) is 11.3. The first-order chi connectivity index (χ1) is 9.56. The molecule has 1 amide bonds. The van der Waals surface area contributed by atoms with Gasteiger partial charge in [0.05, 0.1) is 0 Å². The van der Waals surface area contributed by atoms with Gasteiger partial charge in [-0.2, -0.15) is 0 Å². The van der Waals surface area contributed by atoms with Crippen molar-refractivity contribution in [2.24, 2.45) is 5.73 Å². The van der Waals surface area contributed by atoms with E-state index in [-0.39, 0.29) is 11.4 Å². The highest BCUT2D eigenvalue weighted by Gasteiger charge is 2.48. The van der Waals surface area contributed by atoms with Gasteiger partial charge in [0, 0.05) is 31.8 Å². The van der Waals surface area contributed by atoms with E-state index in [1.807, 2.05) is 20.8 Å². The first kappa shape index (κ1) is 19.6. The zero-order valence-electron chi connectivity index (χ0n) is 13.4. The summed E-state index contributed by atoms with van der Waals surface area (Å²) in [7, 11) is -2.67. The third kappa shape index (κ3) is 6.83. The smallest absolute Gasteiger partial charge is 0.374 e. The van der Waals surface area contributed by atoms with E-state index >= 15 is 0 Å². The van der Waals surface area contributed by atoms with Crippen molar-refractivity contribution in [3.63, 3.8) is 0 Å². The number of hydrogen-bond acceptors (Lipinski definition) is 4. The van der Waals surface area contributed by atoms with Gasteiger partial charge in [0.2, 0.25) is 5.91 Å². The summed E-state index contributed by atoms with van der Waals surface area (Å²) in [5.74, 6) is -0.253. The number of carbonyl (C=O) groups is 1. The Morgan fingerprint density at radius 3 is 1.85 bits per heavy atom. The molecule has 20 heavy (non-hydrogen) atoms. The summed E-state index contributed by atoms with van der Waals surface area (Å²) in [5, 5.41) is 0. The van der Waals surface area contributed by atoms with Gasteiger partial charge in [-0.3, -0.25) is 4.79 Å². The van der Waals surface area contributed by atoms with Crippen LogP contribution >= 0.6 is 0 Å². The Labute approximate surface area is 124 Å². The van der Waals surface area contributed by atoms with Gasteiger partial charge in [-0.05, 0) is 40.0 Å². The van der Waals surface area contributed by atoms with Crippen LogP contribution in [0, 0.1) is 0 Å². The molecule has 0 aromatic carbocycles. The van der Waals surface area contributed by atoms with Crippen LogP contribution in [0.1, 0.15) is 59.8 Å². The number of amides is 1. The molecule has 1 atom stereocenters. The van der Waals surface area contributed by atoms with Gasteiger partial charge in [-0.25, -0.2) is 0 Å². The maximum absolute atomic E-state index is 10.9. The number of hydrogen-bond donors (Lipinski definition) is 1. The summed E-state index contributed by atoms with van der Waals surface area (Å²) < 4.78 is 17.9. The van der Waals surface area contributed by atoms with Gasteiger partial charge in [0.15, 0.2) is 0 Å². The average Bonchev–Trinajstić information content (AvgIpc) is 2.38. The van der Waals surface area contributed by atoms with Crippen molar-refractivity contribution in [3.8, 4) is 0 Å². The lowest BCUT2D eigenvalue weighted by Crippen LogP contribution is -2.50.